The summed E-state index contributed by atoms with van der Waals surface area (Å²) in [6.45, 7) is 0.586. The molecule has 0 fully saturated rings. The fourth-order valence-electron chi connectivity index (χ4n) is 1.25. The zero-order valence-corrected chi connectivity index (χ0v) is 7.79. The summed E-state index contributed by atoms with van der Waals surface area (Å²) < 4.78 is 5.16. The summed E-state index contributed by atoms with van der Waals surface area (Å²) >= 11 is 0. The van der Waals surface area contributed by atoms with E-state index < -0.39 is 0 Å². The summed E-state index contributed by atoms with van der Waals surface area (Å²) in [6, 6.07) is 8.42. The van der Waals surface area contributed by atoms with Crippen LogP contribution in [0.15, 0.2) is 18.2 Å². The Labute approximate surface area is 78.7 Å². The third-order valence-electron chi connectivity index (χ3n) is 1.96. The van der Waals surface area contributed by atoms with E-state index in [0.717, 1.165) is 17.7 Å². The Morgan fingerprint density at radius 1 is 1.62 bits per heavy atom. The predicted molar refractivity (Wildman–Crippen MR) is 52.4 cm³/mol. The molecule has 0 amide bonds. The Hall–Kier alpha value is -1.06. The van der Waals surface area contributed by atoms with Crippen LogP contribution in [0.5, 0.6) is 5.75 Å². The first-order valence-electron chi connectivity index (χ1n) is 4.29. The molecule has 1 radical (unpaired) electrons. The SMILES string of the molecule is COc1c[c]ccc1C(N)CCN. The first-order chi connectivity index (χ1) is 6.29. The van der Waals surface area contributed by atoms with Crippen molar-refractivity contribution in [1.29, 1.82) is 0 Å². The van der Waals surface area contributed by atoms with Gasteiger partial charge in [-0.05, 0) is 25.1 Å². The average Bonchev–Trinajstić information content (AvgIpc) is 2.18. The molecule has 1 atom stereocenters. The fraction of sp³-hybridized carbons (Fsp3) is 0.400. The highest BCUT2D eigenvalue weighted by molar-refractivity contribution is 5.35. The maximum Gasteiger partial charge on any atom is 0.124 e. The molecule has 1 aromatic rings. The molecule has 3 heteroatoms. The maximum absolute atomic E-state index is 5.91. The van der Waals surface area contributed by atoms with Crippen molar-refractivity contribution < 1.29 is 4.74 Å². The van der Waals surface area contributed by atoms with E-state index in [1.54, 1.807) is 13.2 Å². The van der Waals surface area contributed by atoms with Crippen LogP contribution >= 0.6 is 0 Å². The second-order valence-corrected chi connectivity index (χ2v) is 2.85. The first kappa shape index (κ1) is 10.0. The minimum Gasteiger partial charge on any atom is -0.496 e. The van der Waals surface area contributed by atoms with Gasteiger partial charge >= 0.3 is 0 Å². The molecule has 0 bridgehead atoms. The van der Waals surface area contributed by atoms with Gasteiger partial charge in [0.15, 0.2) is 0 Å². The lowest BCUT2D eigenvalue weighted by Crippen LogP contribution is -2.16. The lowest BCUT2D eigenvalue weighted by atomic mass is 10.0. The smallest absolute Gasteiger partial charge is 0.124 e. The number of rotatable bonds is 4. The van der Waals surface area contributed by atoms with Gasteiger partial charge in [-0.3, -0.25) is 0 Å². The van der Waals surface area contributed by atoms with Gasteiger partial charge in [0, 0.05) is 11.6 Å². The quantitative estimate of drug-likeness (QED) is 0.720. The molecule has 0 aromatic heterocycles. The van der Waals surface area contributed by atoms with Gasteiger partial charge in [0.1, 0.15) is 5.75 Å². The molecule has 1 aromatic carbocycles. The highest BCUT2D eigenvalue weighted by atomic mass is 16.5. The highest BCUT2D eigenvalue weighted by Gasteiger charge is 2.09. The monoisotopic (exact) mass is 179 g/mol. The number of hydrogen-bond donors (Lipinski definition) is 2. The van der Waals surface area contributed by atoms with Gasteiger partial charge in [0.2, 0.25) is 0 Å². The minimum absolute atomic E-state index is 0.0467. The molecule has 0 saturated heterocycles. The number of benzene rings is 1. The minimum atomic E-state index is -0.0467. The van der Waals surface area contributed by atoms with Crippen molar-refractivity contribution in [3.63, 3.8) is 0 Å². The van der Waals surface area contributed by atoms with Crippen LogP contribution in [-0.2, 0) is 0 Å². The molecule has 0 aliphatic carbocycles. The number of hydrogen-bond acceptors (Lipinski definition) is 3. The normalized spacial score (nSPS) is 12.5. The van der Waals surface area contributed by atoms with E-state index in [9.17, 15) is 0 Å². The molecule has 3 nitrogen and oxygen atoms in total. The molecular weight excluding hydrogens is 164 g/mol. The van der Waals surface area contributed by atoms with E-state index in [4.69, 9.17) is 16.2 Å². The van der Waals surface area contributed by atoms with E-state index in [2.05, 4.69) is 6.07 Å². The molecule has 0 aliphatic heterocycles. The Morgan fingerprint density at radius 2 is 2.38 bits per heavy atom. The summed E-state index contributed by atoms with van der Waals surface area (Å²) in [6.07, 6.45) is 0.764. The topological polar surface area (TPSA) is 61.3 Å². The van der Waals surface area contributed by atoms with E-state index in [0.29, 0.717) is 6.54 Å². The van der Waals surface area contributed by atoms with Crippen molar-refractivity contribution >= 4 is 0 Å². The summed E-state index contributed by atoms with van der Waals surface area (Å²) in [7, 11) is 1.63. The van der Waals surface area contributed by atoms with Gasteiger partial charge in [-0.15, -0.1) is 0 Å². The van der Waals surface area contributed by atoms with Crippen LogP contribution < -0.4 is 16.2 Å². The lowest BCUT2D eigenvalue weighted by molar-refractivity contribution is 0.404. The van der Waals surface area contributed by atoms with Gasteiger partial charge in [0.05, 0.1) is 7.11 Å². The lowest BCUT2D eigenvalue weighted by Gasteiger charge is -2.14. The summed E-state index contributed by atoms with van der Waals surface area (Å²) in [4.78, 5) is 0. The highest BCUT2D eigenvalue weighted by Crippen LogP contribution is 2.24. The number of nitrogens with two attached hydrogens (primary N) is 2. The molecular formula is C10H15N2O. The zero-order chi connectivity index (χ0) is 9.68. The van der Waals surface area contributed by atoms with Crippen molar-refractivity contribution in [2.75, 3.05) is 13.7 Å². The van der Waals surface area contributed by atoms with Crippen LogP contribution in [0.3, 0.4) is 0 Å². The molecule has 13 heavy (non-hydrogen) atoms. The third-order valence-corrected chi connectivity index (χ3v) is 1.96. The molecule has 1 rings (SSSR count). The van der Waals surface area contributed by atoms with E-state index in [1.807, 2.05) is 12.1 Å². The van der Waals surface area contributed by atoms with Crippen molar-refractivity contribution in [2.24, 2.45) is 11.5 Å². The molecule has 0 saturated carbocycles. The van der Waals surface area contributed by atoms with Crippen molar-refractivity contribution in [1.82, 2.24) is 0 Å². The molecule has 71 valence electrons. The van der Waals surface area contributed by atoms with Crippen LogP contribution in [0.25, 0.3) is 0 Å². The Balaban J connectivity index is 2.85. The molecule has 0 heterocycles. The molecule has 0 aliphatic rings. The van der Waals surface area contributed by atoms with Gasteiger partial charge in [-0.25, -0.2) is 0 Å². The summed E-state index contributed by atoms with van der Waals surface area (Å²) in [5.74, 6) is 0.781. The van der Waals surface area contributed by atoms with Crippen LogP contribution in [0.4, 0.5) is 0 Å². The molecule has 1 unspecified atom stereocenters. The van der Waals surface area contributed by atoms with Crippen molar-refractivity contribution in [3.8, 4) is 5.75 Å². The number of ether oxygens (including phenoxy) is 1. The van der Waals surface area contributed by atoms with Crippen molar-refractivity contribution in [2.45, 2.75) is 12.5 Å². The maximum atomic E-state index is 5.91. The van der Waals surface area contributed by atoms with Crippen LogP contribution in [-0.4, -0.2) is 13.7 Å². The van der Waals surface area contributed by atoms with E-state index in [1.165, 1.54) is 0 Å². The van der Waals surface area contributed by atoms with Crippen LogP contribution in [0, 0.1) is 6.07 Å². The van der Waals surface area contributed by atoms with Gasteiger partial charge in [-0.2, -0.15) is 0 Å². The summed E-state index contributed by atoms with van der Waals surface area (Å²) in [5.41, 5.74) is 12.3. The first-order valence-corrected chi connectivity index (χ1v) is 4.29. The van der Waals surface area contributed by atoms with E-state index >= 15 is 0 Å². The second-order valence-electron chi connectivity index (χ2n) is 2.85. The largest absolute Gasteiger partial charge is 0.496 e. The van der Waals surface area contributed by atoms with Crippen LogP contribution in [0.2, 0.25) is 0 Å². The Bertz CT molecular complexity index is 263. The second kappa shape index (κ2) is 4.84. The predicted octanol–water partition coefficient (Wildman–Crippen LogP) is 0.844. The molecule has 0 spiro atoms. The average molecular weight is 179 g/mol. The third kappa shape index (κ3) is 2.44. The zero-order valence-electron chi connectivity index (χ0n) is 7.79. The van der Waals surface area contributed by atoms with Gasteiger partial charge < -0.3 is 16.2 Å². The van der Waals surface area contributed by atoms with Gasteiger partial charge in [0.25, 0.3) is 0 Å². The van der Waals surface area contributed by atoms with E-state index in [-0.39, 0.29) is 6.04 Å². The van der Waals surface area contributed by atoms with Crippen molar-refractivity contribution in [3.05, 3.63) is 29.8 Å². The standard InChI is InChI=1S/C10H15N2O/c1-13-10-5-3-2-4-8(10)9(12)6-7-11/h2,4-5,9H,6-7,11-12H2,1H3. The van der Waals surface area contributed by atoms with Crippen LogP contribution in [0.1, 0.15) is 18.0 Å². The summed E-state index contributed by atoms with van der Waals surface area (Å²) in [5, 5.41) is 0. The number of methoxy groups -OCH3 is 1. The van der Waals surface area contributed by atoms with Gasteiger partial charge in [-0.1, -0.05) is 12.1 Å². The Kier molecular flexibility index (Phi) is 3.73. The Morgan fingerprint density at radius 3 is 3.00 bits per heavy atom. The fourth-order valence-corrected chi connectivity index (χ4v) is 1.25. The molecule has 4 N–H and O–H groups in total.